The molecular weight excluding hydrogens is 356 g/mol. The van der Waals surface area contributed by atoms with Crippen LogP contribution in [-0.2, 0) is 0 Å². The first-order valence-corrected chi connectivity index (χ1v) is 8.85. The summed E-state index contributed by atoms with van der Waals surface area (Å²) >= 11 is 1.04. The van der Waals surface area contributed by atoms with E-state index >= 15 is 0 Å². The molecule has 0 saturated heterocycles. The number of likely N-dealkylation sites (N-methyl/N-ethyl adjacent to an activating group) is 2. The lowest BCUT2D eigenvalue weighted by atomic mass is 10.1. The molecule has 0 bridgehead atoms. The normalized spacial score (nSPS) is 13.0. The summed E-state index contributed by atoms with van der Waals surface area (Å²) in [4.78, 5) is 3.70. The summed E-state index contributed by atoms with van der Waals surface area (Å²) in [6.45, 7) is 0. The first kappa shape index (κ1) is 18.2. The highest BCUT2D eigenvalue weighted by Gasteiger charge is 2.29. The minimum absolute atomic E-state index is 0.0293. The molecule has 2 aromatic carbocycles. The van der Waals surface area contributed by atoms with Gasteiger partial charge in [0.1, 0.15) is 29.8 Å². The Bertz CT molecular complexity index is 917. The van der Waals surface area contributed by atoms with Crippen LogP contribution in [0.2, 0.25) is 0 Å². The molecular formula is C20H16N6S. The van der Waals surface area contributed by atoms with Crippen LogP contribution in [0, 0.1) is 22.7 Å². The fourth-order valence-corrected chi connectivity index (χ4v) is 3.28. The van der Waals surface area contributed by atoms with E-state index in [4.69, 9.17) is 0 Å². The molecule has 0 aromatic heterocycles. The van der Waals surface area contributed by atoms with E-state index in [0.29, 0.717) is 17.2 Å². The van der Waals surface area contributed by atoms with E-state index in [1.807, 2.05) is 96.7 Å². The molecule has 27 heavy (non-hydrogen) atoms. The first-order valence-electron chi connectivity index (χ1n) is 8.12. The quantitative estimate of drug-likeness (QED) is 0.588. The van der Waals surface area contributed by atoms with Gasteiger partial charge in [0, 0.05) is 25.5 Å². The molecule has 0 fully saturated rings. The number of rotatable bonds is 2. The Balaban J connectivity index is 2.09. The Kier molecular flexibility index (Phi) is 5.55. The summed E-state index contributed by atoms with van der Waals surface area (Å²) in [6.07, 6.45) is 0. The van der Waals surface area contributed by atoms with Gasteiger partial charge in [0.25, 0.3) is 0 Å². The van der Waals surface area contributed by atoms with Crippen molar-refractivity contribution in [2.45, 2.75) is 0 Å². The van der Waals surface area contributed by atoms with Crippen LogP contribution in [0.1, 0.15) is 0 Å². The van der Waals surface area contributed by atoms with Gasteiger partial charge in [-0.3, -0.25) is 0 Å². The molecule has 7 heteroatoms. The highest BCUT2D eigenvalue weighted by molar-refractivity contribution is 7.97. The highest BCUT2D eigenvalue weighted by atomic mass is 32.2. The summed E-state index contributed by atoms with van der Waals surface area (Å²) in [6, 6.07) is 23.3. The average molecular weight is 372 g/mol. The molecule has 0 aliphatic carbocycles. The minimum atomic E-state index is -0.0293. The van der Waals surface area contributed by atoms with Crippen molar-refractivity contribution >= 4 is 35.2 Å². The van der Waals surface area contributed by atoms with Crippen molar-refractivity contribution in [3.8, 4) is 12.1 Å². The number of amidine groups is 2. The summed E-state index contributed by atoms with van der Waals surface area (Å²) in [5.41, 5.74) is 2.18. The van der Waals surface area contributed by atoms with Gasteiger partial charge >= 0.3 is 0 Å². The van der Waals surface area contributed by atoms with Crippen LogP contribution in [-0.4, -0.2) is 25.8 Å². The SMILES string of the molecule is CN(C1=NSN=C(N(C)c2ccccc2)C1=C(C#N)C#N)c1ccccc1. The minimum Gasteiger partial charge on any atom is -0.328 e. The monoisotopic (exact) mass is 372 g/mol. The summed E-state index contributed by atoms with van der Waals surface area (Å²) < 4.78 is 8.83. The van der Waals surface area contributed by atoms with Crippen molar-refractivity contribution in [2.75, 3.05) is 23.9 Å². The largest absolute Gasteiger partial charge is 0.328 e. The lowest BCUT2D eigenvalue weighted by Gasteiger charge is -2.29. The van der Waals surface area contributed by atoms with Crippen LogP contribution in [0.4, 0.5) is 11.4 Å². The summed E-state index contributed by atoms with van der Waals surface area (Å²) in [5, 5.41) is 19.1. The molecule has 0 radical (unpaired) electrons. The van der Waals surface area contributed by atoms with Crippen LogP contribution in [0.25, 0.3) is 0 Å². The third-order valence-electron chi connectivity index (χ3n) is 4.10. The number of allylic oxidation sites excluding steroid dienone is 1. The molecule has 1 aliphatic heterocycles. The van der Waals surface area contributed by atoms with Crippen LogP contribution in [0.3, 0.4) is 0 Å². The van der Waals surface area contributed by atoms with Crippen molar-refractivity contribution in [2.24, 2.45) is 8.80 Å². The van der Waals surface area contributed by atoms with Gasteiger partial charge < -0.3 is 9.80 Å². The Morgan fingerprint density at radius 2 is 1.19 bits per heavy atom. The molecule has 0 atom stereocenters. The van der Waals surface area contributed by atoms with Gasteiger partial charge in [0.15, 0.2) is 11.7 Å². The van der Waals surface area contributed by atoms with Crippen LogP contribution < -0.4 is 9.80 Å². The number of anilines is 2. The predicted octanol–water partition coefficient (Wildman–Crippen LogP) is 3.98. The number of nitriles is 2. The third-order valence-corrected chi connectivity index (χ3v) is 4.61. The van der Waals surface area contributed by atoms with E-state index in [0.717, 1.165) is 23.5 Å². The van der Waals surface area contributed by atoms with Crippen molar-refractivity contribution in [3.63, 3.8) is 0 Å². The highest BCUT2D eigenvalue weighted by Crippen LogP contribution is 2.28. The van der Waals surface area contributed by atoms with Crippen molar-refractivity contribution in [1.82, 2.24) is 0 Å². The molecule has 0 spiro atoms. The van der Waals surface area contributed by atoms with Gasteiger partial charge in [-0.15, -0.1) is 0 Å². The molecule has 6 nitrogen and oxygen atoms in total. The van der Waals surface area contributed by atoms with Gasteiger partial charge in [-0.2, -0.15) is 19.3 Å². The first-order chi connectivity index (χ1) is 13.2. The van der Waals surface area contributed by atoms with Gasteiger partial charge in [-0.1, -0.05) is 36.4 Å². The predicted molar refractivity (Wildman–Crippen MR) is 110 cm³/mol. The molecule has 132 valence electrons. The molecule has 0 saturated carbocycles. The smallest absolute Gasteiger partial charge is 0.156 e. The lowest BCUT2D eigenvalue weighted by molar-refractivity contribution is 1.22. The molecule has 1 heterocycles. The number of benzene rings is 2. The van der Waals surface area contributed by atoms with E-state index in [1.54, 1.807) is 0 Å². The molecule has 1 aliphatic rings. The van der Waals surface area contributed by atoms with Gasteiger partial charge in [-0.05, 0) is 24.3 Å². The second kappa shape index (κ2) is 8.22. The lowest BCUT2D eigenvalue weighted by Crippen LogP contribution is -2.39. The van der Waals surface area contributed by atoms with Crippen molar-refractivity contribution in [1.29, 1.82) is 10.5 Å². The van der Waals surface area contributed by atoms with E-state index in [9.17, 15) is 10.5 Å². The topological polar surface area (TPSA) is 78.8 Å². The van der Waals surface area contributed by atoms with E-state index < -0.39 is 0 Å². The maximum Gasteiger partial charge on any atom is 0.156 e. The third kappa shape index (κ3) is 3.69. The zero-order valence-corrected chi connectivity index (χ0v) is 15.7. The molecule has 0 N–H and O–H groups in total. The Morgan fingerprint density at radius 1 is 0.778 bits per heavy atom. The van der Waals surface area contributed by atoms with Gasteiger partial charge in [0.05, 0.1) is 5.57 Å². The Labute approximate surface area is 162 Å². The summed E-state index contributed by atoms with van der Waals surface area (Å²) in [7, 11) is 3.71. The molecule has 0 unspecified atom stereocenters. The fourth-order valence-electron chi connectivity index (χ4n) is 2.66. The summed E-state index contributed by atoms with van der Waals surface area (Å²) in [5.74, 6) is 1.02. The maximum atomic E-state index is 9.53. The number of hydrogen-bond acceptors (Lipinski definition) is 7. The fraction of sp³-hybridized carbons (Fsp3) is 0.100. The van der Waals surface area contributed by atoms with Gasteiger partial charge in [-0.25, -0.2) is 0 Å². The molecule has 3 rings (SSSR count). The maximum absolute atomic E-state index is 9.53. The molecule has 2 aromatic rings. The van der Waals surface area contributed by atoms with E-state index in [1.165, 1.54) is 0 Å². The van der Waals surface area contributed by atoms with E-state index in [2.05, 4.69) is 8.80 Å². The van der Waals surface area contributed by atoms with Crippen molar-refractivity contribution in [3.05, 3.63) is 71.8 Å². The average Bonchev–Trinajstić information content (AvgIpc) is 2.75. The Hall–Kier alpha value is -3.55. The van der Waals surface area contributed by atoms with Gasteiger partial charge in [0.2, 0.25) is 0 Å². The Morgan fingerprint density at radius 3 is 1.56 bits per heavy atom. The molecule has 0 amide bonds. The second-order valence-electron chi connectivity index (χ2n) is 5.67. The van der Waals surface area contributed by atoms with Crippen LogP contribution in [0.15, 0.2) is 80.6 Å². The van der Waals surface area contributed by atoms with Crippen molar-refractivity contribution < 1.29 is 0 Å². The number of nitrogens with zero attached hydrogens (tertiary/aromatic N) is 6. The van der Waals surface area contributed by atoms with Crippen LogP contribution >= 0.6 is 12.1 Å². The number of hydrogen-bond donors (Lipinski definition) is 0. The zero-order valence-electron chi connectivity index (χ0n) is 14.9. The number of para-hydroxylation sites is 2. The van der Waals surface area contributed by atoms with Crippen LogP contribution in [0.5, 0.6) is 0 Å². The van der Waals surface area contributed by atoms with E-state index in [-0.39, 0.29) is 5.57 Å². The second-order valence-corrected chi connectivity index (χ2v) is 6.20. The zero-order chi connectivity index (χ0) is 19.2. The standard InChI is InChI=1S/C20H16N6S/c1-25(16-9-5-3-6-10-16)19-18(15(13-21)14-22)20(24-27-23-19)26(2)17-11-7-4-8-12-17/h3-12H,1-2H3.